The zero-order valence-electron chi connectivity index (χ0n) is 15.5. The van der Waals surface area contributed by atoms with E-state index in [1.807, 2.05) is 42.1 Å². The minimum absolute atomic E-state index is 0.162. The molecule has 4 rings (SSSR count). The molecule has 11 heteroatoms. The topological polar surface area (TPSA) is 99.6 Å². The third-order valence-electron chi connectivity index (χ3n) is 4.22. The van der Waals surface area contributed by atoms with E-state index in [2.05, 4.69) is 36.3 Å². The van der Waals surface area contributed by atoms with Gasteiger partial charge >= 0.3 is 0 Å². The van der Waals surface area contributed by atoms with Crippen LogP contribution in [0, 0.1) is 0 Å². The predicted molar refractivity (Wildman–Crippen MR) is 113 cm³/mol. The van der Waals surface area contributed by atoms with Gasteiger partial charge in [-0.05, 0) is 39.8 Å². The van der Waals surface area contributed by atoms with Crippen LogP contribution in [0.4, 0.5) is 5.69 Å². The Morgan fingerprint density at radius 3 is 2.79 bits per heavy atom. The van der Waals surface area contributed by atoms with E-state index in [1.54, 1.807) is 13.2 Å². The number of benzene rings is 1. The smallest absolute Gasteiger partial charge is 0.266 e. The van der Waals surface area contributed by atoms with Gasteiger partial charge in [-0.25, -0.2) is 14.6 Å². The number of anilines is 1. The quantitative estimate of drug-likeness (QED) is 0.477. The Balaban J connectivity index is 1.56. The number of carbonyl (C=O) groups excluding carboxylic acids is 1. The maximum atomic E-state index is 12.7. The van der Waals surface area contributed by atoms with E-state index in [0.29, 0.717) is 21.3 Å². The highest BCUT2D eigenvalue weighted by molar-refractivity contribution is 9.10. The number of aryl methyl sites for hydroxylation is 2. The van der Waals surface area contributed by atoms with Crippen LogP contribution in [0.5, 0.6) is 0 Å². The number of aromatic nitrogens is 6. The largest absolute Gasteiger partial charge is 0.329 e. The summed E-state index contributed by atoms with van der Waals surface area (Å²) >= 11 is 4.71. The molecule has 0 unspecified atom stereocenters. The molecule has 29 heavy (non-hydrogen) atoms. The van der Waals surface area contributed by atoms with Crippen LogP contribution in [0.25, 0.3) is 11.0 Å². The summed E-state index contributed by atoms with van der Waals surface area (Å²) in [5.74, 6) is -0.332. The first-order valence-corrected chi connectivity index (χ1v) is 10.2. The number of carbonyl (C=O) groups is 1. The van der Waals surface area contributed by atoms with E-state index in [0.717, 1.165) is 10.1 Å². The van der Waals surface area contributed by atoms with E-state index in [4.69, 9.17) is 0 Å². The van der Waals surface area contributed by atoms with E-state index in [9.17, 15) is 9.59 Å². The van der Waals surface area contributed by atoms with Crippen molar-refractivity contribution < 1.29 is 4.79 Å². The van der Waals surface area contributed by atoms with Gasteiger partial charge in [0.25, 0.3) is 5.56 Å². The fraction of sp³-hybridized carbons (Fsp3) is 0.167. The van der Waals surface area contributed by atoms with Crippen molar-refractivity contribution in [3.05, 3.63) is 57.9 Å². The highest BCUT2D eigenvalue weighted by Gasteiger charge is 2.16. The molecular formula is C18H16BrN7O2S. The van der Waals surface area contributed by atoms with Crippen molar-refractivity contribution in [1.29, 1.82) is 0 Å². The number of para-hydroxylation sites is 1. The lowest BCUT2D eigenvalue weighted by atomic mass is 10.3. The minimum atomic E-state index is -0.333. The summed E-state index contributed by atoms with van der Waals surface area (Å²) in [6.07, 6.45) is 4.93. The van der Waals surface area contributed by atoms with Crippen LogP contribution < -0.4 is 10.9 Å². The highest BCUT2D eigenvalue weighted by atomic mass is 79.9. The number of imidazole rings is 1. The van der Waals surface area contributed by atoms with Crippen LogP contribution >= 0.6 is 27.7 Å². The molecule has 148 valence electrons. The van der Waals surface area contributed by atoms with Gasteiger partial charge in [-0.15, -0.1) is 0 Å². The molecule has 0 saturated heterocycles. The molecular weight excluding hydrogens is 458 g/mol. The van der Waals surface area contributed by atoms with Crippen molar-refractivity contribution in [3.63, 3.8) is 0 Å². The molecule has 3 heterocycles. The van der Waals surface area contributed by atoms with Gasteiger partial charge in [-0.3, -0.25) is 14.2 Å². The van der Waals surface area contributed by atoms with Crippen LogP contribution in [0.2, 0.25) is 0 Å². The van der Waals surface area contributed by atoms with Gasteiger partial charge in [-0.1, -0.05) is 12.1 Å². The standard InChI is InChI=1S/C18H16BrN7O2S/c1-24-8-7-20-18(24)29-12-6-4-3-5-11(12)22-13(27)9-26-10-21-16-14(17(26)28)15(19)23-25(16)2/h3-8,10H,9H2,1-2H3,(H,22,27). The lowest BCUT2D eigenvalue weighted by Gasteiger charge is -2.11. The molecule has 1 N–H and O–H groups in total. The molecule has 9 nitrogen and oxygen atoms in total. The maximum absolute atomic E-state index is 12.7. The Morgan fingerprint density at radius 1 is 1.24 bits per heavy atom. The summed E-state index contributed by atoms with van der Waals surface area (Å²) in [5.41, 5.74) is 0.770. The number of hydrogen-bond acceptors (Lipinski definition) is 6. The summed E-state index contributed by atoms with van der Waals surface area (Å²) in [7, 11) is 3.61. The number of fused-ring (bicyclic) bond motifs is 1. The van der Waals surface area contributed by atoms with Crippen LogP contribution in [0.3, 0.4) is 0 Å². The summed E-state index contributed by atoms with van der Waals surface area (Å²) in [6, 6.07) is 7.44. The average Bonchev–Trinajstić information content (AvgIpc) is 3.21. The first-order chi connectivity index (χ1) is 13.9. The summed E-state index contributed by atoms with van der Waals surface area (Å²) in [4.78, 5) is 34.7. The molecule has 0 saturated carbocycles. The van der Waals surface area contributed by atoms with Crippen LogP contribution in [0.1, 0.15) is 0 Å². The highest BCUT2D eigenvalue weighted by Crippen LogP contribution is 2.32. The van der Waals surface area contributed by atoms with Crippen molar-refractivity contribution in [2.24, 2.45) is 14.1 Å². The molecule has 0 fully saturated rings. The number of amides is 1. The van der Waals surface area contributed by atoms with Crippen molar-refractivity contribution >= 4 is 50.3 Å². The van der Waals surface area contributed by atoms with Crippen LogP contribution in [-0.2, 0) is 25.4 Å². The molecule has 0 aliphatic carbocycles. The molecule has 4 aromatic rings. The van der Waals surface area contributed by atoms with Gasteiger partial charge in [0.15, 0.2) is 10.8 Å². The second-order valence-corrected chi connectivity index (χ2v) is 8.02. The Morgan fingerprint density at radius 2 is 2.03 bits per heavy atom. The van der Waals surface area contributed by atoms with Gasteiger partial charge in [0.1, 0.15) is 22.9 Å². The Hall–Kier alpha value is -2.92. The Labute approximate surface area is 177 Å². The summed E-state index contributed by atoms with van der Waals surface area (Å²) < 4.78 is 5.07. The molecule has 0 aliphatic heterocycles. The molecule has 1 amide bonds. The first kappa shape index (κ1) is 19.4. The second-order valence-electron chi connectivity index (χ2n) is 6.26. The lowest BCUT2D eigenvalue weighted by Crippen LogP contribution is -2.28. The zero-order chi connectivity index (χ0) is 20.5. The van der Waals surface area contributed by atoms with Gasteiger partial charge in [0.05, 0.1) is 5.69 Å². The monoisotopic (exact) mass is 473 g/mol. The van der Waals surface area contributed by atoms with E-state index in [1.165, 1.54) is 27.3 Å². The van der Waals surface area contributed by atoms with E-state index >= 15 is 0 Å². The fourth-order valence-electron chi connectivity index (χ4n) is 2.80. The minimum Gasteiger partial charge on any atom is -0.329 e. The van der Waals surface area contributed by atoms with E-state index < -0.39 is 0 Å². The lowest BCUT2D eigenvalue weighted by molar-refractivity contribution is -0.116. The Bertz CT molecular complexity index is 1280. The normalized spacial score (nSPS) is 11.1. The third-order valence-corrected chi connectivity index (χ3v) is 5.93. The number of hydrogen-bond donors (Lipinski definition) is 1. The maximum Gasteiger partial charge on any atom is 0.266 e. The fourth-order valence-corrected chi connectivity index (χ4v) is 4.28. The molecule has 0 atom stereocenters. The zero-order valence-corrected chi connectivity index (χ0v) is 17.9. The molecule has 0 aliphatic rings. The number of halogens is 1. The van der Waals surface area contributed by atoms with Crippen LogP contribution in [-0.4, -0.2) is 34.8 Å². The van der Waals surface area contributed by atoms with Gasteiger partial charge in [-0.2, -0.15) is 5.10 Å². The third kappa shape index (κ3) is 3.83. The average molecular weight is 474 g/mol. The summed E-state index contributed by atoms with van der Waals surface area (Å²) in [5, 5.41) is 8.15. The number of nitrogens with one attached hydrogen (secondary N) is 1. The van der Waals surface area contributed by atoms with Crippen molar-refractivity contribution in [3.8, 4) is 0 Å². The van der Waals surface area contributed by atoms with Gasteiger partial charge in [0, 0.05) is 31.4 Å². The SMILES string of the molecule is Cn1ccnc1Sc1ccccc1NC(=O)Cn1cnc2c(c(Br)nn2C)c1=O. The number of rotatable bonds is 5. The first-order valence-electron chi connectivity index (χ1n) is 8.55. The predicted octanol–water partition coefficient (Wildman–Crippen LogP) is 2.42. The van der Waals surface area contributed by atoms with Gasteiger partial charge in [0.2, 0.25) is 5.91 Å². The van der Waals surface area contributed by atoms with Gasteiger partial charge < -0.3 is 9.88 Å². The van der Waals surface area contributed by atoms with Crippen LogP contribution in [0.15, 0.2) is 62.4 Å². The molecule has 0 radical (unpaired) electrons. The number of nitrogens with zero attached hydrogens (tertiary/aromatic N) is 6. The second kappa shape index (κ2) is 7.84. The van der Waals surface area contributed by atoms with Crippen molar-refractivity contribution in [2.75, 3.05) is 5.32 Å². The molecule has 3 aromatic heterocycles. The van der Waals surface area contributed by atoms with Crippen molar-refractivity contribution in [2.45, 2.75) is 16.6 Å². The van der Waals surface area contributed by atoms with E-state index in [-0.39, 0.29) is 18.0 Å². The summed E-state index contributed by atoms with van der Waals surface area (Å²) in [6.45, 7) is -0.162. The van der Waals surface area contributed by atoms with Crippen molar-refractivity contribution in [1.82, 2.24) is 28.9 Å². The molecule has 1 aromatic carbocycles. The molecule has 0 bridgehead atoms. The Kier molecular flexibility index (Phi) is 5.24. The molecule has 0 spiro atoms.